The van der Waals surface area contributed by atoms with Crippen molar-refractivity contribution in [2.75, 3.05) is 33.3 Å². The van der Waals surface area contributed by atoms with Crippen LogP contribution in [-0.4, -0.2) is 69.4 Å². The van der Waals surface area contributed by atoms with Gasteiger partial charge in [0.2, 0.25) is 0 Å². The predicted molar refractivity (Wildman–Crippen MR) is 101 cm³/mol. The van der Waals surface area contributed by atoms with E-state index in [2.05, 4.69) is 28.1 Å². The van der Waals surface area contributed by atoms with Crippen LogP contribution in [-0.2, 0) is 18.3 Å². The van der Waals surface area contributed by atoms with Gasteiger partial charge in [0.15, 0.2) is 0 Å². The summed E-state index contributed by atoms with van der Waals surface area (Å²) in [6.07, 6.45) is 7.55. The number of nitrogens with zero attached hydrogens (tertiary/aromatic N) is 5. The smallest absolute Gasteiger partial charge is 0.272 e. The summed E-state index contributed by atoms with van der Waals surface area (Å²) in [6.45, 7) is 4.07. The van der Waals surface area contributed by atoms with Gasteiger partial charge in [-0.05, 0) is 43.5 Å². The molecule has 1 amide bonds. The molecule has 2 aromatic rings. The van der Waals surface area contributed by atoms with Crippen LogP contribution in [0.2, 0.25) is 0 Å². The molecule has 2 fully saturated rings. The highest BCUT2D eigenvalue weighted by Crippen LogP contribution is 2.36. The summed E-state index contributed by atoms with van der Waals surface area (Å²) in [6, 6.07) is 5.85. The van der Waals surface area contributed by atoms with Crippen molar-refractivity contribution in [1.82, 2.24) is 24.6 Å². The lowest BCUT2D eigenvalue weighted by atomic mass is 9.82. The Morgan fingerprint density at radius 1 is 1.37 bits per heavy atom. The molecule has 7 heteroatoms. The summed E-state index contributed by atoms with van der Waals surface area (Å²) in [7, 11) is 3.95. The molecular formula is C20H27N5O2. The minimum absolute atomic E-state index is 0.0440. The molecule has 4 rings (SSSR count). The van der Waals surface area contributed by atoms with Gasteiger partial charge in [-0.2, -0.15) is 5.10 Å². The van der Waals surface area contributed by atoms with E-state index in [9.17, 15) is 4.79 Å². The van der Waals surface area contributed by atoms with Gasteiger partial charge in [-0.15, -0.1) is 0 Å². The molecule has 2 aromatic heterocycles. The number of carbonyl (C=O) groups excluding carboxylic acids is 1. The van der Waals surface area contributed by atoms with E-state index in [1.807, 2.05) is 17.2 Å². The second-order valence-corrected chi connectivity index (χ2v) is 7.96. The Balaban J connectivity index is 1.23. The topological polar surface area (TPSA) is 63.5 Å². The third-order valence-electron chi connectivity index (χ3n) is 5.66. The van der Waals surface area contributed by atoms with E-state index < -0.39 is 0 Å². The molecule has 27 heavy (non-hydrogen) atoms. The van der Waals surface area contributed by atoms with Crippen LogP contribution in [0, 0.1) is 5.92 Å². The van der Waals surface area contributed by atoms with E-state index in [1.54, 1.807) is 30.2 Å². The first-order valence-corrected chi connectivity index (χ1v) is 9.53. The molecule has 0 bridgehead atoms. The van der Waals surface area contributed by atoms with E-state index in [1.165, 1.54) is 5.56 Å². The van der Waals surface area contributed by atoms with Gasteiger partial charge in [0.1, 0.15) is 11.3 Å². The van der Waals surface area contributed by atoms with Gasteiger partial charge in [0.25, 0.3) is 5.91 Å². The number of pyridine rings is 1. The summed E-state index contributed by atoms with van der Waals surface area (Å²) in [4.78, 5) is 20.9. The highest BCUT2D eigenvalue weighted by molar-refractivity contribution is 5.93. The number of amides is 1. The molecular weight excluding hydrogens is 342 g/mol. The summed E-state index contributed by atoms with van der Waals surface area (Å²) in [5.74, 6) is 0.585. The maximum Gasteiger partial charge on any atom is 0.272 e. The fourth-order valence-electron chi connectivity index (χ4n) is 4.16. The van der Waals surface area contributed by atoms with Crippen molar-refractivity contribution in [3.8, 4) is 0 Å². The van der Waals surface area contributed by atoms with Crippen LogP contribution in [0.1, 0.15) is 28.9 Å². The molecule has 4 heterocycles. The zero-order valence-electron chi connectivity index (χ0n) is 16.0. The fourth-order valence-corrected chi connectivity index (χ4v) is 4.16. The Morgan fingerprint density at radius 2 is 2.22 bits per heavy atom. The standard InChI is InChI=1S/C20H27N5O2/c1-23(11-16-4-3-8-21-10-16)12-17-5-7-20(27-13-17)14-25(15-20)19(26)18-6-9-22-24(18)2/h3-4,6,8-10,17H,5,7,11-15H2,1-2H3. The van der Waals surface area contributed by atoms with Crippen LogP contribution in [0.5, 0.6) is 0 Å². The van der Waals surface area contributed by atoms with E-state index in [0.29, 0.717) is 24.7 Å². The third kappa shape index (κ3) is 3.89. The zero-order valence-corrected chi connectivity index (χ0v) is 16.0. The van der Waals surface area contributed by atoms with Crippen LogP contribution in [0.25, 0.3) is 0 Å². The zero-order chi connectivity index (χ0) is 18.9. The summed E-state index contributed by atoms with van der Waals surface area (Å²) in [5.41, 5.74) is 1.74. The van der Waals surface area contributed by atoms with Crippen molar-refractivity contribution in [3.63, 3.8) is 0 Å². The maximum absolute atomic E-state index is 12.5. The molecule has 144 valence electrons. The number of hydrogen-bond donors (Lipinski definition) is 0. The number of carbonyl (C=O) groups is 1. The summed E-state index contributed by atoms with van der Waals surface area (Å²) >= 11 is 0. The maximum atomic E-state index is 12.5. The van der Waals surface area contributed by atoms with Gasteiger partial charge in [0, 0.05) is 38.7 Å². The quantitative estimate of drug-likeness (QED) is 0.801. The summed E-state index contributed by atoms with van der Waals surface area (Å²) < 4.78 is 7.87. The molecule has 1 atom stereocenters. The summed E-state index contributed by atoms with van der Waals surface area (Å²) in [5, 5.41) is 4.08. The second kappa shape index (κ2) is 7.40. The highest BCUT2D eigenvalue weighted by Gasteiger charge is 2.48. The van der Waals surface area contributed by atoms with E-state index in [-0.39, 0.29) is 11.5 Å². The first kappa shape index (κ1) is 18.1. The number of aromatic nitrogens is 3. The lowest BCUT2D eigenvalue weighted by molar-refractivity contribution is -0.168. The van der Waals surface area contributed by atoms with Crippen molar-refractivity contribution in [1.29, 1.82) is 0 Å². The Morgan fingerprint density at radius 3 is 2.85 bits per heavy atom. The number of ether oxygens (including phenoxy) is 1. The molecule has 1 spiro atoms. The van der Waals surface area contributed by atoms with Gasteiger partial charge < -0.3 is 14.5 Å². The van der Waals surface area contributed by atoms with E-state index >= 15 is 0 Å². The predicted octanol–water partition coefficient (Wildman–Crippen LogP) is 1.57. The largest absolute Gasteiger partial charge is 0.371 e. The van der Waals surface area contributed by atoms with E-state index in [4.69, 9.17) is 4.74 Å². The number of aryl methyl sites for hydroxylation is 1. The average molecular weight is 369 g/mol. The lowest BCUT2D eigenvalue weighted by Gasteiger charge is -2.52. The Hall–Kier alpha value is -2.25. The molecule has 2 aliphatic rings. The Bertz CT molecular complexity index is 775. The number of hydrogen-bond acceptors (Lipinski definition) is 5. The van der Waals surface area contributed by atoms with Gasteiger partial charge in [-0.1, -0.05) is 6.07 Å². The highest BCUT2D eigenvalue weighted by atomic mass is 16.5. The lowest BCUT2D eigenvalue weighted by Crippen LogP contribution is -2.66. The monoisotopic (exact) mass is 369 g/mol. The molecule has 7 nitrogen and oxygen atoms in total. The third-order valence-corrected chi connectivity index (χ3v) is 5.66. The molecule has 2 aliphatic heterocycles. The second-order valence-electron chi connectivity index (χ2n) is 7.96. The first-order chi connectivity index (χ1) is 13.0. The van der Waals surface area contributed by atoms with Gasteiger partial charge >= 0.3 is 0 Å². The van der Waals surface area contributed by atoms with Crippen LogP contribution < -0.4 is 0 Å². The molecule has 2 saturated heterocycles. The van der Waals surface area contributed by atoms with Crippen molar-refractivity contribution < 1.29 is 9.53 Å². The number of rotatable bonds is 5. The van der Waals surface area contributed by atoms with Crippen LogP contribution in [0.3, 0.4) is 0 Å². The number of likely N-dealkylation sites (tertiary alicyclic amines) is 1. The first-order valence-electron chi connectivity index (χ1n) is 9.53. The Labute approximate surface area is 159 Å². The van der Waals surface area contributed by atoms with Gasteiger partial charge in [-0.3, -0.25) is 14.5 Å². The van der Waals surface area contributed by atoms with Crippen LogP contribution >= 0.6 is 0 Å². The van der Waals surface area contributed by atoms with E-state index in [0.717, 1.165) is 32.5 Å². The van der Waals surface area contributed by atoms with Crippen molar-refractivity contribution in [2.45, 2.75) is 25.0 Å². The SMILES string of the molecule is CN(Cc1cccnc1)CC1CCC2(CN(C(=O)c3ccnn3C)C2)OC1. The van der Waals surface area contributed by atoms with Crippen molar-refractivity contribution in [3.05, 3.63) is 48.0 Å². The normalized spacial score (nSPS) is 21.4. The molecule has 1 unspecified atom stereocenters. The molecule has 0 N–H and O–H groups in total. The minimum Gasteiger partial charge on any atom is -0.371 e. The molecule has 0 radical (unpaired) electrons. The average Bonchev–Trinajstić information content (AvgIpc) is 3.07. The molecule has 0 saturated carbocycles. The molecule has 0 aromatic carbocycles. The Kier molecular flexibility index (Phi) is 4.97. The minimum atomic E-state index is -0.132. The van der Waals surface area contributed by atoms with Crippen molar-refractivity contribution in [2.24, 2.45) is 13.0 Å². The van der Waals surface area contributed by atoms with Gasteiger partial charge in [0.05, 0.1) is 19.7 Å². The van der Waals surface area contributed by atoms with Crippen molar-refractivity contribution >= 4 is 5.91 Å². The van der Waals surface area contributed by atoms with Crippen LogP contribution in [0.4, 0.5) is 0 Å². The van der Waals surface area contributed by atoms with Gasteiger partial charge in [-0.25, -0.2) is 0 Å². The fraction of sp³-hybridized carbons (Fsp3) is 0.550. The molecule has 0 aliphatic carbocycles. The van der Waals surface area contributed by atoms with Crippen LogP contribution in [0.15, 0.2) is 36.8 Å².